The maximum absolute atomic E-state index is 13.6. The normalized spacial score (nSPS) is 20.9. The first-order valence-electron chi connectivity index (χ1n) is 18.4. The van der Waals surface area contributed by atoms with Crippen LogP contribution in [0, 0.1) is 18.3 Å². The number of halogens is 4. The molecule has 2 saturated heterocycles. The molecule has 1 aliphatic carbocycles. The number of likely N-dealkylation sites (tertiary alicyclic amines) is 1. The molecule has 3 fully saturated rings. The molecule has 1 spiro atoms. The number of alkyl halides is 2. The first kappa shape index (κ1) is 38.4. The molecule has 1 atom stereocenters. The summed E-state index contributed by atoms with van der Waals surface area (Å²) in [5, 5.41) is 20.6. The number of nitrogens with one attached hydrogen (secondary N) is 3. The van der Waals surface area contributed by atoms with E-state index in [4.69, 9.17) is 32.9 Å². The van der Waals surface area contributed by atoms with Gasteiger partial charge < -0.3 is 25.8 Å². The van der Waals surface area contributed by atoms with Gasteiger partial charge in [-0.3, -0.25) is 14.5 Å². The van der Waals surface area contributed by atoms with Gasteiger partial charge in [-0.1, -0.05) is 53.5 Å². The van der Waals surface area contributed by atoms with Gasteiger partial charge in [0.15, 0.2) is 5.82 Å². The topological polar surface area (TPSA) is 142 Å². The first-order chi connectivity index (χ1) is 26.9. The fourth-order valence-electron chi connectivity index (χ4n) is 8.22. The summed E-state index contributed by atoms with van der Waals surface area (Å²) >= 11 is 15.8. The Balaban J connectivity index is 1.01. The van der Waals surface area contributed by atoms with Gasteiger partial charge >= 0.3 is 12.6 Å². The third-order valence-electron chi connectivity index (χ3n) is 11.0. The summed E-state index contributed by atoms with van der Waals surface area (Å²) in [6.07, 6.45) is 5.41. The molecule has 4 N–H and O–H groups in total. The van der Waals surface area contributed by atoms with Gasteiger partial charge in [-0.25, -0.2) is 15.0 Å². The number of thiazole rings is 1. The maximum atomic E-state index is 13.6. The molecule has 5 heterocycles. The molecular weight excluding hydrogens is 783 g/mol. The summed E-state index contributed by atoms with van der Waals surface area (Å²) in [6, 6.07) is 14.7. The second-order valence-electron chi connectivity index (χ2n) is 14.9. The Morgan fingerprint density at radius 3 is 2.64 bits per heavy atom. The minimum Gasteiger partial charge on any atom is -0.481 e. The van der Waals surface area contributed by atoms with Crippen LogP contribution in [0.5, 0.6) is 5.88 Å². The molecule has 2 aliphatic heterocycles. The van der Waals surface area contributed by atoms with Crippen LogP contribution in [-0.4, -0.2) is 69.1 Å². The minimum atomic E-state index is -3.09. The summed E-state index contributed by atoms with van der Waals surface area (Å²) in [5.41, 5.74) is 4.72. The molecule has 3 aromatic heterocycles. The van der Waals surface area contributed by atoms with Crippen LogP contribution in [-0.2, 0) is 22.7 Å². The Hall–Kier alpha value is -4.47. The van der Waals surface area contributed by atoms with E-state index < -0.39 is 12.6 Å². The number of fused-ring (bicyclic) bond motifs is 1. The highest BCUT2D eigenvalue weighted by atomic mass is 35.5. The molecule has 292 valence electrons. The fourth-order valence-corrected chi connectivity index (χ4v) is 9.82. The number of carboxylic acids is 1. The van der Waals surface area contributed by atoms with Crippen molar-refractivity contribution in [3.8, 4) is 28.3 Å². The Bertz CT molecular complexity index is 2320. The monoisotopic (exact) mass is 821 g/mol. The largest absolute Gasteiger partial charge is 0.481 e. The van der Waals surface area contributed by atoms with E-state index in [9.17, 15) is 23.5 Å². The number of carboxylic acid groups (broad SMARTS) is 1. The van der Waals surface area contributed by atoms with Crippen LogP contribution in [0.25, 0.3) is 32.6 Å². The Labute approximate surface area is 335 Å². The number of aliphatic carboxylic acids is 1. The van der Waals surface area contributed by atoms with Crippen molar-refractivity contribution < 1.29 is 28.2 Å². The van der Waals surface area contributed by atoms with E-state index in [1.54, 1.807) is 42.7 Å². The van der Waals surface area contributed by atoms with Crippen LogP contribution in [0.3, 0.4) is 0 Å². The lowest BCUT2D eigenvalue weighted by atomic mass is 9.61. The van der Waals surface area contributed by atoms with Crippen LogP contribution in [0.1, 0.15) is 48.2 Å². The van der Waals surface area contributed by atoms with Gasteiger partial charge in [0.05, 0.1) is 38.6 Å². The van der Waals surface area contributed by atoms with E-state index in [0.717, 1.165) is 47.6 Å². The standard InChI is InChI=1S/C40H39Cl2F2N7O4S/c1-21-14-29(49-37(55-39(43)44)27(21)18-45-17-23-8-9-31(52)47-23)26-6-2-4-24(33(26)41)25-5-3-7-28(34(25)42)48-36-35-30(10-12-46-36)56-32(50-35)19-51-13-11-40(20-51)15-22(16-40)38(53)54/h2-7,10,12,14,22-23,39,45H,8-9,11,13,15-20H2,1H3,(H,46,48)(H,47,52)(H,53,54)/t22?,23-,40?/m0/s1. The van der Waals surface area contributed by atoms with Crippen LogP contribution >= 0.6 is 34.5 Å². The predicted molar refractivity (Wildman–Crippen MR) is 213 cm³/mol. The third kappa shape index (κ3) is 7.90. The summed E-state index contributed by atoms with van der Waals surface area (Å²) in [5.74, 6) is -0.565. The lowest BCUT2D eigenvalue weighted by Gasteiger charge is -2.43. The molecule has 1 amide bonds. The van der Waals surface area contributed by atoms with E-state index in [-0.39, 0.29) is 35.7 Å². The number of nitrogens with zero attached hydrogens (tertiary/aromatic N) is 4. The number of amides is 1. The predicted octanol–water partition coefficient (Wildman–Crippen LogP) is 8.44. The number of rotatable bonds is 13. The van der Waals surface area contributed by atoms with Gasteiger partial charge in [0, 0.05) is 60.5 Å². The zero-order valence-electron chi connectivity index (χ0n) is 30.4. The average molecular weight is 823 g/mol. The van der Waals surface area contributed by atoms with Crippen LogP contribution < -0.4 is 20.7 Å². The van der Waals surface area contributed by atoms with Gasteiger partial charge in [0.1, 0.15) is 10.5 Å². The Morgan fingerprint density at radius 2 is 1.89 bits per heavy atom. The summed E-state index contributed by atoms with van der Waals surface area (Å²) in [7, 11) is 0. The molecule has 3 aliphatic rings. The number of ether oxygens (including phenoxy) is 1. The zero-order valence-corrected chi connectivity index (χ0v) is 32.7. The van der Waals surface area contributed by atoms with Crippen molar-refractivity contribution in [2.24, 2.45) is 11.3 Å². The van der Waals surface area contributed by atoms with Crippen molar-refractivity contribution in [1.82, 2.24) is 30.5 Å². The number of aryl methyl sites for hydroxylation is 1. The zero-order chi connectivity index (χ0) is 39.1. The molecule has 56 heavy (non-hydrogen) atoms. The molecular formula is C40H39Cl2F2N7O4S. The highest BCUT2D eigenvalue weighted by Crippen LogP contribution is 2.52. The molecule has 0 unspecified atom stereocenters. The van der Waals surface area contributed by atoms with Crippen LogP contribution in [0.2, 0.25) is 10.0 Å². The number of anilines is 2. The highest BCUT2D eigenvalue weighted by molar-refractivity contribution is 7.18. The number of carbonyl (C=O) groups is 2. The van der Waals surface area contributed by atoms with E-state index in [1.807, 2.05) is 30.3 Å². The number of hydrogen-bond donors (Lipinski definition) is 4. The van der Waals surface area contributed by atoms with Crippen molar-refractivity contribution in [3.05, 3.63) is 80.9 Å². The second kappa shape index (κ2) is 15.8. The lowest BCUT2D eigenvalue weighted by molar-refractivity contribution is -0.149. The number of hydrogen-bond acceptors (Lipinski definition) is 10. The molecule has 2 aromatic carbocycles. The van der Waals surface area contributed by atoms with Gasteiger partial charge in [0.25, 0.3) is 0 Å². The average Bonchev–Trinajstić information content (AvgIpc) is 3.88. The molecule has 5 aromatic rings. The van der Waals surface area contributed by atoms with Crippen LogP contribution in [0.4, 0.5) is 20.3 Å². The van der Waals surface area contributed by atoms with Gasteiger partial charge in [0.2, 0.25) is 11.8 Å². The smallest absolute Gasteiger partial charge is 0.388 e. The number of carbonyl (C=O) groups excluding carboxylic acids is 1. The molecule has 11 nitrogen and oxygen atoms in total. The van der Waals surface area contributed by atoms with Gasteiger partial charge in [-0.2, -0.15) is 8.78 Å². The number of benzene rings is 2. The van der Waals surface area contributed by atoms with Crippen molar-refractivity contribution in [2.75, 3.05) is 25.0 Å². The van der Waals surface area contributed by atoms with Gasteiger partial charge in [-0.15, -0.1) is 11.3 Å². The number of aromatic nitrogens is 3. The van der Waals surface area contributed by atoms with E-state index in [0.29, 0.717) is 81.0 Å². The second-order valence-corrected chi connectivity index (χ2v) is 16.8. The molecule has 0 bridgehead atoms. The minimum absolute atomic E-state index is 0.000128. The molecule has 8 rings (SSSR count). The van der Waals surface area contributed by atoms with E-state index in [2.05, 4.69) is 30.8 Å². The SMILES string of the molecule is Cc1cc(-c2cccc(-c3cccc(Nc4nccc5sc(CN6CCC7(CC(C(=O)O)C7)C6)nc45)c3Cl)c2Cl)nc(OC(F)F)c1CNC[C@@H]1CCC(=O)N1. The van der Waals surface area contributed by atoms with Crippen molar-refractivity contribution in [1.29, 1.82) is 0 Å². The maximum Gasteiger partial charge on any atom is 0.388 e. The van der Waals surface area contributed by atoms with E-state index in [1.165, 1.54) is 0 Å². The van der Waals surface area contributed by atoms with Crippen molar-refractivity contribution in [2.45, 2.75) is 64.8 Å². The Kier molecular flexibility index (Phi) is 10.8. The van der Waals surface area contributed by atoms with E-state index >= 15 is 0 Å². The quantitative estimate of drug-likeness (QED) is 0.0915. The number of pyridine rings is 2. The van der Waals surface area contributed by atoms with Crippen LogP contribution in [0.15, 0.2) is 54.7 Å². The lowest BCUT2D eigenvalue weighted by Crippen LogP contribution is -2.42. The molecule has 1 saturated carbocycles. The summed E-state index contributed by atoms with van der Waals surface area (Å²) < 4.78 is 33.1. The third-order valence-corrected chi connectivity index (χ3v) is 12.9. The summed E-state index contributed by atoms with van der Waals surface area (Å²) in [6.45, 7) is 1.91. The molecule has 0 radical (unpaired) electrons. The Morgan fingerprint density at radius 1 is 1.12 bits per heavy atom. The highest BCUT2D eigenvalue weighted by Gasteiger charge is 2.50. The van der Waals surface area contributed by atoms with Crippen molar-refractivity contribution >= 4 is 68.1 Å². The molecule has 16 heteroatoms. The van der Waals surface area contributed by atoms with Gasteiger partial charge in [-0.05, 0) is 68.3 Å². The first-order valence-corrected chi connectivity index (χ1v) is 20.0. The van der Waals surface area contributed by atoms with Crippen molar-refractivity contribution in [3.63, 3.8) is 0 Å². The summed E-state index contributed by atoms with van der Waals surface area (Å²) in [4.78, 5) is 39.4. The fraction of sp³-hybridized carbons (Fsp3) is 0.375.